The van der Waals surface area contributed by atoms with Crippen LogP contribution in [0.15, 0.2) is 59.1 Å². The minimum Gasteiger partial charge on any atom is -0.478 e. The average Bonchev–Trinajstić information content (AvgIpc) is 2.51. The molecule has 1 amide bonds. The highest BCUT2D eigenvalue weighted by Gasteiger charge is 2.05. The maximum Gasteiger partial charge on any atom is 0.328 e. The molecule has 0 saturated heterocycles. The summed E-state index contributed by atoms with van der Waals surface area (Å²) >= 11 is 3.35. The van der Waals surface area contributed by atoms with Crippen LogP contribution in [-0.4, -0.2) is 17.0 Å². The highest BCUT2D eigenvalue weighted by molar-refractivity contribution is 9.10. The lowest BCUT2D eigenvalue weighted by molar-refractivity contribution is -0.131. The Morgan fingerprint density at radius 2 is 1.87 bits per heavy atom. The molecule has 5 heteroatoms. The summed E-state index contributed by atoms with van der Waals surface area (Å²) in [5.41, 5.74) is 2.43. The fourth-order valence-corrected chi connectivity index (χ4v) is 2.59. The van der Waals surface area contributed by atoms with Crippen LogP contribution in [0.4, 0.5) is 5.69 Å². The topological polar surface area (TPSA) is 66.4 Å². The summed E-state index contributed by atoms with van der Waals surface area (Å²) in [6.07, 6.45) is 3.60. The lowest BCUT2D eigenvalue weighted by atomic mass is 10.1. The van der Waals surface area contributed by atoms with Gasteiger partial charge in [-0.25, -0.2) is 4.79 Å². The fraction of sp³-hybridized carbons (Fsp3) is 0.111. The largest absolute Gasteiger partial charge is 0.478 e. The van der Waals surface area contributed by atoms with Crippen molar-refractivity contribution in [2.75, 3.05) is 5.32 Å². The smallest absolute Gasteiger partial charge is 0.328 e. The van der Waals surface area contributed by atoms with E-state index in [1.807, 2.05) is 30.3 Å². The van der Waals surface area contributed by atoms with E-state index >= 15 is 0 Å². The van der Waals surface area contributed by atoms with Crippen molar-refractivity contribution in [1.82, 2.24) is 0 Å². The van der Waals surface area contributed by atoms with E-state index in [9.17, 15) is 9.59 Å². The van der Waals surface area contributed by atoms with Crippen LogP contribution >= 0.6 is 15.9 Å². The Morgan fingerprint density at radius 3 is 2.57 bits per heavy atom. The van der Waals surface area contributed by atoms with E-state index in [4.69, 9.17) is 5.11 Å². The highest BCUT2D eigenvalue weighted by Crippen LogP contribution is 2.21. The van der Waals surface area contributed by atoms with E-state index < -0.39 is 5.97 Å². The number of rotatable bonds is 6. The van der Waals surface area contributed by atoms with Crippen molar-refractivity contribution in [2.24, 2.45) is 0 Å². The number of nitrogens with one attached hydrogen (secondary N) is 1. The summed E-state index contributed by atoms with van der Waals surface area (Å²) in [5, 5.41) is 11.5. The molecule has 118 valence electrons. The van der Waals surface area contributed by atoms with Gasteiger partial charge >= 0.3 is 5.97 Å². The van der Waals surface area contributed by atoms with Crippen LogP contribution in [0.3, 0.4) is 0 Å². The third-order valence-electron chi connectivity index (χ3n) is 3.11. The molecule has 0 aliphatic rings. The number of halogens is 1. The maximum absolute atomic E-state index is 12.0. The number of aliphatic carboxylic acids is 1. The molecule has 4 nitrogen and oxygen atoms in total. The first-order valence-corrected chi connectivity index (χ1v) is 7.87. The van der Waals surface area contributed by atoms with Gasteiger partial charge in [-0.1, -0.05) is 46.3 Å². The predicted octanol–water partition coefficient (Wildman–Crippen LogP) is 4.12. The Hall–Kier alpha value is -2.40. The van der Waals surface area contributed by atoms with Crippen molar-refractivity contribution >= 4 is 39.6 Å². The molecule has 0 fully saturated rings. The van der Waals surface area contributed by atoms with Gasteiger partial charge in [-0.3, -0.25) is 4.79 Å². The lowest BCUT2D eigenvalue weighted by Crippen LogP contribution is -2.12. The normalized spacial score (nSPS) is 10.7. The molecule has 0 saturated carbocycles. The minimum absolute atomic E-state index is 0.0832. The Balaban J connectivity index is 1.98. The Bertz CT molecular complexity index is 726. The number of aryl methyl sites for hydroxylation is 1. The molecule has 0 spiro atoms. The third kappa shape index (κ3) is 6.08. The van der Waals surface area contributed by atoms with E-state index in [1.54, 1.807) is 18.2 Å². The molecular formula is C18H16BrNO3. The molecule has 2 aromatic carbocycles. The molecule has 0 radical (unpaired) electrons. The van der Waals surface area contributed by atoms with Gasteiger partial charge in [-0.2, -0.15) is 0 Å². The number of carboxylic acid groups (broad SMARTS) is 1. The van der Waals surface area contributed by atoms with E-state index in [0.717, 1.165) is 16.1 Å². The number of hydrogen-bond acceptors (Lipinski definition) is 2. The third-order valence-corrected chi connectivity index (χ3v) is 3.56. The van der Waals surface area contributed by atoms with Gasteiger partial charge in [0.1, 0.15) is 0 Å². The van der Waals surface area contributed by atoms with Gasteiger partial charge in [0.15, 0.2) is 0 Å². The molecule has 0 atom stereocenters. The first-order valence-electron chi connectivity index (χ1n) is 7.08. The molecule has 0 heterocycles. The number of carboxylic acids is 1. The quantitative estimate of drug-likeness (QED) is 0.748. The van der Waals surface area contributed by atoms with E-state index in [1.165, 1.54) is 6.08 Å². The molecule has 0 bridgehead atoms. The summed E-state index contributed by atoms with van der Waals surface area (Å²) in [6, 6.07) is 15.1. The van der Waals surface area contributed by atoms with Gasteiger partial charge in [-0.05, 0) is 41.8 Å². The molecule has 0 aliphatic heterocycles. The Kier molecular flexibility index (Phi) is 6.11. The van der Waals surface area contributed by atoms with Crippen LogP contribution < -0.4 is 5.32 Å². The number of benzene rings is 2. The van der Waals surface area contributed by atoms with Crippen LogP contribution in [0.5, 0.6) is 0 Å². The fourth-order valence-electron chi connectivity index (χ4n) is 2.07. The molecule has 0 unspecified atom stereocenters. The van der Waals surface area contributed by atoms with Crippen LogP contribution in [0.25, 0.3) is 6.08 Å². The van der Waals surface area contributed by atoms with Crippen molar-refractivity contribution in [3.05, 3.63) is 70.2 Å². The minimum atomic E-state index is -1.02. The van der Waals surface area contributed by atoms with Gasteiger partial charge in [0.2, 0.25) is 5.91 Å². The molecule has 0 aromatic heterocycles. The van der Waals surface area contributed by atoms with Crippen molar-refractivity contribution in [3.63, 3.8) is 0 Å². The second-order valence-corrected chi connectivity index (χ2v) is 5.89. The van der Waals surface area contributed by atoms with Gasteiger partial charge < -0.3 is 10.4 Å². The summed E-state index contributed by atoms with van der Waals surface area (Å²) in [7, 11) is 0. The molecule has 23 heavy (non-hydrogen) atoms. The SMILES string of the molecule is O=C(O)/C=C/c1cc(Br)cc(NC(=O)CCc2ccccc2)c1. The zero-order valence-corrected chi connectivity index (χ0v) is 13.9. The van der Waals surface area contributed by atoms with Gasteiger partial charge in [0, 0.05) is 22.7 Å². The van der Waals surface area contributed by atoms with E-state index in [0.29, 0.717) is 24.1 Å². The highest BCUT2D eigenvalue weighted by atomic mass is 79.9. The van der Waals surface area contributed by atoms with Crippen molar-refractivity contribution in [3.8, 4) is 0 Å². The molecule has 2 rings (SSSR count). The van der Waals surface area contributed by atoms with Crippen LogP contribution in [0, 0.1) is 0 Å². The predicted molar refractivity (Wildman–Crippen MR) is 94.2 cm³/mol. The molecular weight excluding hydrogens is 358 g/mol. The molecule has 0 aliphatic carbocycles. The van der Waals surface area contributed by atoms with Crippen molar-refractivity contribution in [2.45, 2.75) is 12.8 Å². The molecule has 2 N–H and O–H groups in total. The van der Waals surface area contributed by atoms with Crippen LogP contribution in [0.1, 0.15) is 17.5 Å². The summed E-state index contributed by atoms with van der Waals surface area (Å²) < 4.78 is 0.767. The number of carbonyl (C=O) groups excluding carboxylic acids is 1. The van der Waals surface area contributed by atoms with Crippen LogP contribution in [-0.2, 0) is 16.0 Å². The summed E-state index contributed by atoms with van der Waals surface area (Å²) in [5.74, 6) is -1.10. The Labute approximate surface area is 143 Å². The first-order chi connectivity index (χ1) is 11.0. The Morgan fingerprint density at radius 1 is 1.13 bits per heavy atom. The number of carbonyl (C=O) groups is 2. The van der Waals surface area contributed by atoms with Crippen molar-refractivity contribution < 1.29 is 14.7 Å². The number of anilines is 1. The monoisotopic (exact) mass is 373 g/mol. The standard InChI is InChI=1S/C18H16BrNO3/c19-15-10-14(7-9-18(22)23)11-16(12-15)20-17(21)8-6-13-4-2-1-3-5-13/h1-5,7,9-12H,6,8H2,(H,20,21)(H,22,23)/b9-7+. The summed E-state index contributed by atoms with van der Waals surface area (Å²) in [4.78, 5) is 22.6. The zero-order valence-electron chi connectivity index (χ0n) is 12.3. The van der Waals surface area contributed by atoms with E-state index in [2.05, 4.69) is 21.2 Å². The number of amides is 1. The van der Waals surface area contributed by atoms with Crippen LogP contribution in [0.2, 0.25) is 0 Å². The zero-order chi connectivity index (χ0) is 16.7. The second kappa shape index (κ2) is 8.29. The summed E-state index contributed by atoms with van der Waals surface area (Å²) in [6.45, 7) is 0. The lowest BCUT2D eigenvalue weighted by Gasteiger charge is -2.07. The number of hydrogen-bond donors (Lipinski definition) is 2. The second-order valence-electron chi connectivity index (χ2n) is 4.98. The van der Waals surface area contributed by atoms with E-state index in [-0.39, 0.29) is 5.91 Å². The average molecular weight is 374 g/mol. The maximum atomic E-state index is 12.0. The first kappa shape index (κ1) is 17.0. The van der Waals surface area contributed by atoms with Gasteiger partial charge in [0.05, 0.1) is 0 Å². The molecule has 2 aromatic rings. The van der Waals surface area contributed by atoms with Gasteiger partial charge in [-0.15, -0.1) is 0 Å². The van der Waals surface area contributed by atoms with Crippen molar-refractivity contribution in [1.29, 1.82) is 0 Å². The van der Waals surface area contributed by atoms with Gasteiger partial charge in [0.25, 0.3) is 0 Å².